The summed E-state index contributed by atoms with van der Waals surface area (Å²) >= 11 is 0. The Morgan fingerprint density at radius 1 is 1.10 bits per heavy atom. The van der Waals surface area contributed by atoms with E-state index in [0.717, 1.165) is 11.3 Å². The van der Waals surface area contributed by atoms with Gasteiger partial charge in [0.15, 0.2) is 0 Å². The molecule has 0 aliphatic rings. The first-order valence-electron chi connectivity index (χ1n) is 6.41. The van der Waals surface area contributed by atoms with Gasteiger partial charge in [-0.2, -0.15) is 5.26 Å². The van der Waals surface area contributed by atoms with Crippen LogP contribution in [0.4, 0.5) is 11.4 Å². The Labute approximate surface area is 119 Å². The molecule has 0 heterocycles. The molecule has 0 amide bonds. The number of nitrogen functional groups attached to an aromatic ring is 1. The summed E-state index contributed by atoms with van der Waals surface area (Å²) in [4.78, 5) is 0. The highest BCUT2D eigenvalue weighted by Crippen LogP contribution is 2.22. The van der Waals surface area contributed by atoms with Crippen molar-refractivity contribution in [2.75, 3.05) is 11.1 Å². The molecule has 0 spiro atoms. The van der Waals surface area contributed by atoms with Gasteiger partial charge in [-0.25, -0.2) is 0 Å². The fourth-order valence-corrected chi connectivity index (χ4v) is 1.82. The maximum Gasteiger partial charge on any atom is 0.141 e. The molecular formula is C17H17N3. The standard InChI is InChI=1S/C17H17N3/c1-17(13-18,12-11-14-7-3-2-4-8-14)20-16-10-6-5-9-15(16)19/h2-12,20H,19H2,1H3. The van der Waals surface area contributed by atoms with Crippen LogP contribution in [0.2, 0.25) is 0 Å². The van der Waals surface area contributed by atoms with Crippen molar-refractivity contribution in [1.29, 1.82) is 5.26 Å². The summed E-state index contributed by atoms with van der Waals surface area (Å²) in [6, 6.07) is 19.6. The van der Waals surface area contributed by atoms with E-state index >= 15 is 0 Å². The third-order valence-corrected chi connectivity index (χ3v) is 3.00. The van der Waals surface area contributed by atoms with E-state index in [4.69, 9.17) is 5.73 Å². The second-order valence-corrected chi connectivity index (χ2v) is 4.77. The highest BCUT2D eigenvalue weighted by atomic mass is 15.0. The van der Waals surface area contributed by atoms with Gasteiger partial charge >= 0.3 is 0 Å². The van der Waals surface area contributed by atoms with Crippen LogP contribution < -0.4 is 11.1 Å². The predicted molar refractivity (Wildman–Crippen MR) is 84.0 cm³/mol. The lowest BCUT2D eigenvalue weighted by atomic mass is 10.0. The van der Waals surface area contributed by atoms with Gasteiger partial charge in [-0.05, 0) is 30.7 Å². The molecule has 0 saturated heterocycles. The number of nitrogens with two attached hydrogens (primary N) is 1. The van der Waals surface area contributed by atoms with Gasteiger partial charge in [-0.3, -0.25) is 0 Å². The first kappa shape index (κ1) is 13.7. The van der Waals surface area contributed by atoms with Crippen LogP contribution in [0.15, 0.2) is 60.7 Å². The molecule has 3 N–H and O–H groups in total. The number of nitriles is 1. The zero-order valence-electron chi connectivity index (χ0n) is 11.4. The Kier molecular flexibility index (Phi) is 4.07. The topological polar surface area (TPSA) is 61.8 Å². The number of para-hydroxylation sites is 2. The fraction of sp³-hybridized carbons (Fsp3) is 0.118. The zero-order valence-corrected chi connectivity index (χ0v) is 11.4. The molecule has 2 aromatic carbocycles. The number of nitrogens with one attached hydrogen (secondary N) is 1. The van der Waals surface area contributed by atoms with E-state index in [9.17, 15) is 5.26 Å². The minimum absolute atomic E-state index is 0.627. The molecule has 3 heteroatoms. The Hall–Kier alpha value is -2.73. The first-order chi connectivity index (χ1) is 9.63. The van der Waals surface area contributed by atoms with E-state index < -0.39 is 5.54 Å². The second-order valence-electron chi connectivity index (χ2n) is 4.77. The number of nitrogens with zero attached hydrogens (tertiary/aromatic N) is 1. The van der Waals surface area contributed by atoms with E-state index in [-0.39, 0.29) is 0 Å². The van der Waals surface area contributed by atoms with Crippen molar-refractivity contribution in [2.45, 2.75) is 12.5 Å². The Balaban J connectivity index is 2.20. The van der Waals surface area contributed by atoms with Crippen LogP contribution in [0, 0.1) is 11.3 Å². The van der Waals surface area contributed by atoms with Crippen molar-refractivity contribution in [3.63, 3.8) is 0 Å². The van der Waals surface area contributed by atoms with E-state index in [0.29, 0.717) is 5.69 Å². The molecule has 2 aromatic rings. The largest absolute Gasteiger partial charge is 0.397 e. The SMILES string of the molecule is CC(C#N)(C=Cc1ccccc1)Nc1ccccc1N. The summed E-state index contributed by atoms with van der Waals surface area (Å²) < 4.78 is 0. The van der Waals surface area contributed by atoms with Gasteiger partial charge in [-0.1, -0.05) is 48.5 Å². The van der Waals surface area contributed by atoms with Gasteiger partial charge in [0.25, 0.3) is 0 Å². The molecule has 1 unspecified atom stereocenters. The average Bonchev–Trinajstić information content (AvgIpc) is 2.49. The Bertz CT molecular complexity index is 641. The van der Waals surface area contributed by atoms with Gasteiger partial charge in [0.05, 0.1) is 17.4 Å². The van der Waals surface area contributed by atoms with Crippen molar-refractivity contribution >= 4 is 17.5 Å². The van der Waals surface area contributed by atoms with Gasteiger partial charge in [0.2, 0.25) is 0 Å². The van der Waals surface area contributed by atoms with Crippen LogP contribution in [0.1, 0.15) is 12.5 Å². The Morgan fingerprint density at radius 2 is 1.75 bits per heavy atom. The summed E-state index contributed by atoms with van der Waals surface area (Å²) in [7, 11) is 0. The molecular weight excluding hydrogens is 246 g/mol. The number of hydrogen-bond acceptors (Lipinski definition) is 3. The summed E-state index contributed by atoms with van der Waals surface area (Å²) in [6.07, 6.45) is 3.77. The number of anilines is 2. The van der Waals surface area contributed by atoms with E-state index in [2.05, 4.69) is 11.4 Å². The Morgan fingerprint density at radius 3 is 2.40 bits per heavy atom. The first-order valence-corrected chi connectivity index (χ1v) is 6.41. The molecule has 0 saturated carbocycles. The smallest absolute Gasteiger partial charge is 0.141 e. The normalized spacial score (nSPS) is 13.6. The van der Waals surface area contributed by atoms with Crippen molar-refractivity contribution < 1.29 is 0 Å². The number of rotatable bonds is 4. The van der Waals surface area contributed by atoms with E-state index in [1.54, 1.807) is 6.07 Å². The maximum absolute atomic E-state index is 9.41. The molecule has 2 rings (SSSR count). The minimum Gasteiger partial charge on any atom is -0.397 e. The average molecular weight is 263 g/mol. The second kappa shape index (κ2) is 5.94. The molecule has 0 fully saturated rings. The lowest BCUT2D eigenvalue weighted by Gasteiger charge is -2.21. The van der Waals surface area contributed by atoms with Crippen molar-refractivity contribution in [2.24, 2.45) is 0 Å². The molecule has 0 aliphatic heterocycles. The minimum atomic E-state index is -0.814. The molecule has 0 aromatic heterocycles. The molecule has 3 nitrogen and oxygen atoms in total. The molecule has 0 aliphatic carbocycles. The molecule has 0 bridgehead atoms. The zero-order chi connectivity index (χ0) is 14.4. The van der Waals surface area contributed by atoms with Gasteiger partial charge in [0, 0.05) is 0 Å². The fourth-order valence-electron chi connectivity index (χ4n) is 1.82. The van der Waals surface area contributed by atoms with Gasteiger partial charge in [0.1, 0.15) is 5.54 Å². The van der Waals surface area contributed by atoms with Crippen molar-refractivity contribution in [3.05, 3.63) is 66.2 Å². The number of benzene rings is 2. The highest BCUT2D eigenvalue weighted by molar-refractivity contribution is 5.68. The molecule has 20 heavy (non-hydrogen) atoms. The molecule has 0 radical (unpaired) electrons. The summed E-state index contributed by atoms with van der Waals surface area (Å²) in [5.41, 5.74) is 7.52. The maximum atomic E-state index is 9.41. The summed E-state index contributed by atoms with van der Waals surface area (Å²) in [6.45, 7) is 1.82. The quantitative estimate of drug-likeness (QED) is 0.827. The summed E-state index contributed by atoms with van der Waals surface area (Å²) in [5, 5.41) is 12.6. The predicted octanol–water partition coefficient (Wildman–Crippen LogP) is 3.68. The highest BCUT2D eigenvalue weighted by Gasteiger charge is 2.20. The van der Waals surface area contributed by atoms with Gasteiger partial charge in [-0.15, -0.1) is 0 Å². The van der Waals surface area contributed by atoms with Crippen molar-refractivity contribution in [1.82, 2.24) is 0 Å². The van der Waals surface area contributed by atoms with E-state index in [1.165, 1.54) is 0 Å². The molecule has 100 valence electrons. The summed E-state index contributed by atoms with van der Waals surface area (Å²) in [5.74, 6) is 0. The third-order valence-electron chi connectivity index (χ3n) is 3.00. The monoisotopic (exact) mass is 263 g/mol. The van der Waals surface area contributed by atoms with Crippen LogP contribution in [0.25, 0.3) is 6.08 Å². The van der Waals surface area contributed by atoms with Crippen LogP contribution in [-0.2, 0) is 0 Å². The third kappa shape index (κ3) is 3.39. The lowest BCUT2D eigenvalue weighted by Crippen LogP contribution is -2.30. The van der Waals surface area contributed by atoms with Crippen LogP contribution in [-0.4, -0.2) is 5.54 Å². The molecule has 1 atom stereocenters. The number of hydrogen-bond donors (Lipinski definition) is 2. The van der Waals surface area contributed by atoms with E-state index in [1.807, 2.05) is 67.6 Å². The van der Waals surface area contributed by atoms with Crippen molar-refractivity contribution in [3.8, 4) is 6.07 Å². The van der Waals surface area contributed by atoms with Crippen LogP contribution in [0.3, 0.4) is 0 Å². The van der Waals surface area contributed by atoms with Crippen LogP contribution in [0.5, 0.6) is 0 Å². The van der Waals surface area contributed by atoms with Crippen LogP contribution >= 0.6 is 0 Å². The lowest BCUT2D eigenvalue weighted by molar-refractivity contribution is 0.820. The van der Waals surface area contributed by atoms with Gasteiger partial charge < -0.3 is 11.1 Å².